The summed E-state index contributed by atoms with van der Waals surface area (Å²) in [6.07, 6.45) is 0. The molecule has 0 fully saturated rings. The fourth-order valence-electron chi connectivity index (χ4n) is 2.26. The van der Waals surface area contributed by atoms with Crippen molar-refractivity contribution in [3.63, 3.8) is 0 Å². The van der Waals surface area contributed by atoms with Gasteiger partial charge in [0, 0.05) is 15.6 Å². The smallest absolute Gasteiger partial charge is 0.0741 e. The Morgan fingerprint density at radius 1 is 1.05 bits per heavy atom. The summed E-state index contributed by atoms with van der Waals surface area (Å²) in [6, 6.07) is 11.5. The van der Waals surface area contributed by atoms with Crippen LogP contribution in [0.5, 0.6) is 0 Å². The number of hydrogen-bond acceptors (Lipinski definition) is 2. The third kappa shape index (κ3) is 2.93. The topological polar surface area (TPSA) is 38.0 Å². The average Bonchev–Trinajstić information content (AvgIpc) is 2.35. The minimum atomic E-state index is -0.221. The van der Waals surface area contributed by atoms with Crippen LogP contribution in [0.25, 0.3) is 0 Å². The van der Waals surface area contributed by atoms with Crippen molar-refractivity contribution in [3.8, 4) is 0 Å². The number of benzene rings is 2. The van der Waals surface area contributed by atoms with E-state index in [0.717, 1.165) is 16.7 Å². The highest BCUT2D eigenvalue weighted by atomic mass is 35.5. The van der Waals surface area contributed by atoms with Gasteiger partial charge in [-0.1, -0.05) is 53.0 Å². The Kier molecular flexibility index (Phi) is 4.48. The highest BCUT2D eigenvalue weighted by Crippen LogP contribution is 2.34. The number of nitrogens with one attached hydrogen (secondary N) is 1. The van der Waals surface area contributed by atoms with Crippen molar-refractivity contribution in [2.24, 2.45) is 5.84 Å². The maximum Gasteiger partial charge on any atom is 0.0741 e. The Morgan fingerprint density at radius 2 is 1.68 bits per heavy atom. The molecule has 0 aliphatic rings. The van der Waals surface area contributed by atoms with E-state index in [1.165, 1.54) is 5.56 Å². The number of nitrogens with two attached hydrogens (primary N) is 1. The van der Waals surface area contributed by atoms with E-state index in [4.69, 9.17) is 29.0 Å². The molecule has 2 nitrogen and oxygen atoms in total. The molecule has 19 heavy (non-hydrogen) atoms. The van der Waals surface area contributed by atoms with Crippen molar-refractivity contribution in [2.45, 2.75) is 19.9 Å². The minimum absolute atomic E-state index is 0.221. The lowest BCUT2D eigenvalue weighted by atomic mass is 9.94. The first-order valence-electron chi connectivity index (χ1n) is 6.01. The first kappa shape index (κ1) is 14.4. The zero-order chi connectivity index (χ0) is 14.0. The molecule has 2 rings (SSSR count). The first-order chi connectivity index (χ1) is 9.04. The lowest BCUT2D eigenvalue weighted by Gasteiger charge is -2.21. The second kappa shape index (κ2) is 5.93. The van der Waals surface area contributed by atoms with Gasteiger partial charge in [0.1, 0.15) is 0 Å². The van der Waals surface area contributed by atoms with Gasteiger partial charge in [0.15, 0.2) is 0 Å². The summed E-state index contributed by atoms with van der Waals surface area (Å²) >= 11 is 12.5. The molecule has 0 aliphatic carbocycles. The van der Waals surface area contributed by atoms with Gasteiger partial charge in [-0.05, 0) is 37.1 Å². The Labute approximate surface area is 123 Å². The van der Waals surface area contributed by atoms with Gasteiger partial charge in [0.05, 0.1) is 6.04 Å². The summed E-state index contributed by atoms with van der Waals surface area (Å²) in [7, 11) is 0. The quantitative estimate of drug-likeness (QED) is 0.659. The van der Waals surface area contributed by atoms with Crippen LogP contribution in [0, 0.1) is 13.8 Å². The van der Waals surface area contributed by atoms with Gasteiger partial charge in [-0.2, -0.15) is 0 Å². The third-order valence-corrected chi connectivity index (χ3v) is 3.85. The summed E-state index contributed by atoms with van der Waals surface area (Å²) in [5.41, 5.74) is 7.05. The van der Waals surface area contributed by atoms with Crippen molar-refractivity contribution < 1.29 is 0 Å². The van der Waals surface area contributed by atoms with Gasteiger partial charge < -0.3 is 0 Å². The van der Waals surface area contributed by atoms with Gasteiger partial charge in [-0.25, -0.2) is 5.43 Å². The predicted molar refractivity (Wildman–Crippen MR) is 81.5 cm³/mol. The van der Waals surface area contributed by atoms with Crippen LogP contribution in [0.3, 0.4) is 0 Å². The monoisotopic (exact) mass is 294 g/mol. The highest BCUT2D eigenvalue weighted by molar-refractivity contribution is 6.36. The molecule has 0 aromatic heterocycles. The zero-order valence-corrected chi connectivity index (χ0v) is 12.4. The molecule has 1 unspecified atom stereocenters. The molecule has 3 N–H and O–H groups in total. The van der Waals surface area contributed by atoms with Crippen molar-refractivity contribution in [1.82, 2.24) is 5.43 Å². The molecular weight excluding hydrogens is 279 g/mol. The molecule has 0 aliphatic heterocycles. The molecule has 0 saturated carbocycles. The van der Waals surface area contributed by atoms with Gasteiger partial charge >= 0.3 is 0 Å². The maximum absolute atomic E-state index is 6.26. The average molecular weight is 295 g/mol. The van der Waals surface area contributed by atoms with Gasteiger partial charge in [0.2, 0.25) is 0 Å². The highest BCUT2D eigenvalue weighted by Gasteiger charge is 2.20. The molecule has 0 radical (unpaired) electrons. The van der Waals surface area contributed by atoms with Crippen LogP contribution in [-0.4, -0.2) is 0 Å². The van der Waals surface area contributed by atoms with E-state index in [1.54, 1.807) is 0 Å². The molecule has 0 spiro atoms. The van der Waals surface area contributed by atoms with Crippen LogP contribution in [0.2, 0.25) is 10.0 Å². The normalized spacial score (nSPS) is 12.5. The number of aryl methyl sites for hydroxylation is 2. The molecule has 1 atom stereocenters. The van der Waals surface area contributed by atoms with Crippen LogP contribution < -0.4 is 11.3 Å². The molecule has 100 valence electrons. The summed E-state index contributed by atoms with van der Waals surface area (Å²) in [5.74, 6) is 5.71. The van der Waals surface area contributed by atoms with Crippen LogP contribution in [-0.2, 0) is 0 Å². The molecule has 0 amide bonds. The largest absolute Gasteiger partial charge is 0.271 e. The molecular formula is C15H16Cl2N2. The summed E-state index contributed by atoms with van der Waals surface area (Å²) in [4.78, 5) is 0. The lowest BCUT2D eigenvalue weighted by Crippen LogP contribution is -2.29. The van der Waals surface area contributed by atoms with Crippen molar-refractivity contribution in [3.05, 3.63) is 68.7 Å². The van der Waals surface area contributed by atoms with Gasteiger partial charge in [0.25, 0.3) is 0 Å². The Morgan fingerprint density at radius 3 is 2.21 bits per heavy atom. The SMILES string of the molecule is Cc1ccc(C(NN)c2c(Cl)cccc2Cl)c(C)c1. The van der Waals surface area contributed by atoms with Crippen LogP contribution in [0.1, 0.15) is 28.3 Å². The Bertz CT molecular complexity index is 576. The van der Waals surface area contributed by atoms with E-state index in [-0.39, 0.29) is 6.04 Å². The fraction of sp³-hybridized carbons (Fsp3) is 0.200. The van der Waals surface area contributed by atoms with E-state index in [1.807, 2.05) is 18.2 Å². The van der Waals surface area contributed by atoms with Crippen molar-refractivity contribution >= 4 is 23.2 Å². The first-order valence-corrected chi connectivity index (χ1v) is 6.77. The predicted octanol–water partition coefficient (Wildman–Crippen LogP) is 4.16. The fourth-order valence-corrected chi connectivity index (χ4v) is 2.88. The molecule has 0 heterocycles. The van der Waals surface area contributed by atoms with E-state index in [9.17, 15) is 0 Å². The van der Waals surface area contributed by atoms with Gasteiger partial charge in [-0.3, -0.25) is 5.84 Å². The molecule has 2 aromatic rings. The van der Waals surface area contributed by atoms with Crippen molar-refractivity contribution in [2.75, 3.05) is 0 Å². The van der Waals surface area contributed by atoms with Crippen molar-refractivity contribution in [1.29, 1.82) is 0 Å². The van der Waals surface area contributed by atoms with Gasteiger partial charge in [-0.15, -0.1) is 0 Å². The Balaban J connectivity index is 2.56. The Hall–Kier alpha value is -1.06. The standard InChI is InChI=1S/C15H16Cl2N2/c1-9-6-7-11(10(2)8-9)15(19-18)14-12(16)4-3-5-13(14)17/h3-8,15,19H,18H2,1-2H3. The number of hydrogen-bond donors (Lipinski definition) is 2. The van der Waals surface area contributed by atoms with Crippen LogP contribution in [0.4, 0.5) is 0 Å². The minimum Gasteiger partial charge on any atom is -0.271 e. The second-order valence-electron chi connectivity index (χ2n) is 4.60. The molecule has 2 aromatic carbocycles. The number of halogens is 2. The molecule has 0 saturated heterocycles. The van der Waals surface area contributed by atoms with E-state index >= 15 is 0 Å². The van der Waals surface area contributed by atoms with Crippen LogP contribution >= 0.6 is 23.2 Å². The number of rotatable bonds is 3. The van der Waals surface area contributed by atoms with E-state index in [0.29, 0.717) is 10.0 Å². The molecule has 0 bridgehead atoms. The maximum atomic E-state index is 6.26. The van der Waals surface area contributed by atoms with E-state index in [2.05, 4.69) is 37.5 Å². The zero-order valence-electron chi connectivity index (χ0n) is 10.9. The molecule has 4 heteroatoms. The second-order valence-corrected chi connectivity index (χ2v) is 5.41. The summed E-state index contributed by atoms with van der Waals surface area (Å²) < 4.78 is 0. The summed E-state index contributed by atoms with van der Waals surface area (Å²) in [6.45, 7) is 4.11. The number of hydrazine groups is 1. The third-order valence-electron chi connectivity index (χ3n) is 3.19. The summed E-state index contributed by atoms with van der Waals surface area (Å²) in [5, 5.41) is 1.21. The lowest BCUT2D eigenvalue weighted by molar-refractivity contribution is 0.634. The van der Waals surface area contributed by atoms with Crippen LogP contribution in [0.15, 0.2) is 36.4 Å². The van der Waals surface area contributed by atoms with E-state index < -0.39 is 0 Å².